The Morgan fingerprint density at radius 2 is 2.10 bits per heavy atom. The van der Waals surface area contributed by atoms with Crippen LogP contribution in [-0.2, 0) is 9.53 Å². The Morgan fingerprint density at radius 3 is 2.82 bits per heavy atom. The third-order valence-corrected chi connectivity index (χ3v) is 7.22. The number of halogens is 1. The first-order valence-electron chi connectivity index (χ1n) is 13.0. The van der Waals surface area contributed by atoms with Crippen LogP contribution in [0.25, 0.3) is 10.8 Å². The summed E-state index contributed by atoms with van der Waals surface area (Å²) in [7, 11) is 0. The maximum absolute atomic E-state index is 13.4. The zero-order valence-electron chi connectivity index (χ0n) is 21.7. The summed E-state index contributed by atoms with van der Waals surface area (Å²) in [4.78, 5) is 15.2. The molecule has 1 aromatic heterocycles. The fourth-order valence-corrected chi connectivity index (χ4v) is 5.28. The molecule has 2 heterocycles. The Morgan fingerprint density at radius 1 is 1.28 bits per heavy atom. The van der Waals surface area contributed by atoms with Crippen molar-refractivity contribution < 1.29 is 28.5 Å². The second-order valence-corrected chi connectivity index (χ2v) is 9.71. The number of hydrogen-bond acceptors (Lipinski definition) is 8. The van der Waals surface area contributed by atoms with Crippen LogP contribution in [0.1, 0.15) is 42.0 Å². The third-order valence-electron chi connectivity index (χ3n) is 7.22. The molecule has 4 N–H and O–H groups in total. The molecule has 0 saturated carbocycles. The van der Waals surface area contributed by atoms with Gasteiger partial charge in [0.1, 0.15) is 42.7 Å². The van der Waals surface area contributed by atoms with Crippen molar-refractivity contribution in [2.24, 2.45) is 5.73 Å². The molecular formula is C30H32FN3O5. The standard InChI is InChI=1S/C30H32FN3O5/c1-18-25(16-37-17-35)26-27(28(34-13-10-32)20-8-11-33-12-9-20)29(36)24-14-22(6-7-23(24)30(26)39-18)38-15-19-2-4-21(31)5-3-19/h2-4,6-9,11-12,14,17-18,21,25,28,34,36H,5,10,13,15-16,32H2,1H3. The van der Waals surface area contributed by atoms with Crippen LogP contribution < -0.4 is 20.5 Å². The van der Waals surface area contributed by atoms with Gasteiger partial charge in [-0.2, -0.15) is 0 Å². The molecule has 0 fully saturated rings. The van der Waals surface area contributed by atoms with Gasteiger partial charge < -0.3 is 30.4 Å². The fourth-order valence-electron chi connectivity index (χ4n) is 5.28. The van der Waals surface area contributed by atoms with E-state index >= 15 is 0 Å². The van der Waals surface area contributed by atoms with Crippen LogP contribution >= 0.6 is 0 Å². The molecule has 2 aliphatic rings. The second-order valence-electron chi connectivity index (χ2n) is 9.71. The Kier molecular flexibility index (Phi) is 8.09. The number of carbonyl (C=O) groups excluding carboxylic acids is 1. The van der Waals surface area contributed by atoms with Gasteiger partial charge in [-0.15, -0.1) is 0 Å². The molecular weight excluding hydrogens is 501 g/mol. The molecule has 39 heavy (non-hydrogen) atoms. The number of nitrogens with two attached hydrogens (primary N) is 1. The highest BCUT2D eigenvalue weighted by Gasteiger charge is 2.39. The Labute approximate surface area is 226 Å². The van der Waals surface area contributed by atoms with Gasteiger partial charge in [-0.3, -0.25) is 9.78 Å². The Balaban J connectivity index is 1.63. The van der Waals surface area contributed by atoms with Crippen molar-refractivity contribution >= 4 is 17.2 Å². The predicted octanol–water partition coefficient (Wildman–Crippen LogP) is 4.22. The molecule has 4 atom stereocenters. The molecule has 2 aromatic carbocycles. The van der Waals surface area contributed by atoms with Crippen molar-refractivity contribution in [3.63, 3.8) is 0 Å². The highest BCUT2D eigenvalue weighted by Crippen LogP contribution is 2.52. The van der Waals surface area contributed by atoms with E-state index in [1.807, 2.05) is 37.3 Å². The molecule has 1 aliphatic carbocycles. The average Bonchev–Trinajstić information content (AvgIpc) is 3.29. The summed E-state index contributed by atoms with van der Waals surface area (Å²) >= 11 is 0. The number of aromatic nitrogens is 1. The highest BCUT2D eigenvalue weighted by molar-refractivity contribution is 5.98. The summed E-state index contributed by atoms with van der Waals surface area (Å²) in [5, 5.41) is 16.6. The number of pyridine rings is 1. The number of ether oxygens (including phenoxy) is 3. The van der Waals surface area contributed by atoms with Crippen LogP contribution in [0.3, 0.4) is 0 Å². The maximum Gasteiger partial charge on any atom is 0.293 e. The summed E-state index contributed by atoms with van der Waals surface area (Å²) in [6, 6.07) is 8.80. The summed E-state index contributed by atoms with van der Waals surface area (Å²) in [5.74, 6) is 0.977. The molecule has 0 radical (unpaired) electrons. The molecule has 0 bridgehead atoms. The van der Waals surface area contributed by atoms with Gasteiger partial charge >= 0.3 is 0 Å². The van der Waals surface area contributed by atoms with Crippen molar-refractivity contribution in [3.05, 3.63) is 83.2 Å². The third kappa shape index (κ3) is 5.46. The Hall–Kier alpha value is -3.95. The molecule has 8 nitrogen and oxygen atoms in total. The van der Waals surface area contributed by atoms with Crippen LogP contribution in [0.2, 0.25) is 0 Å². The zero-order valence-corrected chi connectivity index (χ0v) is 21.7. The number of alkyl halides is 1. The van der Waals surface area contributed by atoms with Gasteiger partial charge in [0.2, 0.25) is 0 Å². The summed E-state index contributed by atoms with van der Waals surface area (Å²) in [6.07, 6.45) is 7.56. The number of rotatable bonds is 11. The number of fused-ring (bicyclic) bond motifs is 3. The minimum absolute atomic E-state index is 0.0754. The number of nitrogens with zero attached hydrogens (tertiary/aromatic N) is 1. The molecule has 3 aromatic rings. The lowest BCUT2D eigenvalue weighted by Gasteiger charge is -2.26. The van der Waals surface area contributed by atoms with Crippen LogP contribution in [0.15, 0.2) is 66.5 Å². The van der Waals surface area contributed by atoms with E-state index in [0.717, 1.165) is 22.1 Å². The van der Waals surface area contributed by atoms with Crippen LogP contribution in [-0.4, -0.2) is 55.1 Å². The van der Waals surface area contributed by atoms with E-state index < -0.39 is 12.2 Å². The lowest BCUT2D eigenvalue weighted by Crippen LogP contribution is -2.29. The fraction of sp³-hybridized carbons (Fsp3) is 0.333. The second kappa shape index (κ2) is 11.8. The average molecular weight is 534 g/mol. The van der Waals surface area contributed by atoms with Crippen molar-refractivity contribution in [2.75, 3.05) is 26.3 Å². The SMILES string of the molecule is CC1Oc2c(c(C(NCCN)c3ccncc3)c(O)c3cc(OCC4=CCC(F)C=C4)ccc23)C1COC=O. The normalized spacial score (nSPS) is 20.7. The van der Waals surface area contributed by atoms with Gasteiger partial charge in [-0.1, -0.05) is 18.2 Å². The van der Waals surface area contributed by atoms with Gasteiger partial charge in [-0.25, -0.2) is 4.39 Å². The van der Waals surface area contributed by atoms with E-state index in [1.165, 1.54) is 6.08 Å². The van der Waals surface area contributed by atoms with Crippen molar-refractivity contribution in [3.8, 4) is 17.2 Å². The minimum Gasteiger partial charge on any atom is -0.507 e. The van der Waals surface area contributed by atoms with Gasteiger partial charge in [0.25, 0.3) is 6.47 Å². The first kappa shape index (κ1) is 26.6. The molecule has 9 heteroatoms. The molecule has 0 saturated heterocycles. The molecule has 0 spiro atoms. The minimum atomic E-state index is -0.962. The van der Waals surface area contributed by atoms with E-state index in [-0.39, 0.29) is 31.0 Å². The number of aromatic hydroxyl groups is 1. The predicted molar refractivity (Wildman–Crippen MR) is 146 cm³/mol. The number of nitrogens with one attached hydrogen (secondary N) is 1. The van der Waals surface area contributed by atoms with Gasteiger partial charge in [0.15, 0.2) is 0 Å². The molecule has 4 unspecified atom stereocenters. The maximum atomic E-state index is 13.4. The lowest BCUT2D eigenvalue weighted by atomic mass is 9.84. The largest absolute Gasteiger partial charge is 0.507 e. The summed E-state index contributed by atoms with van der Waals surface area (Å²) in [6.45, 7) is 3.63. The van der Waals surface area contributed by atoms with Crippen LogP contribution in [0.4, 0.5) is 4.39 Å². The molecule has 5 rings (SSSR count). The smallest absolute Gasteiger partial charge is 0.293 e. The first-order chi connectivity index (χ1) is 19.0. The molecule has 204 valence electrons. The Bertz CT molecular complexity index is 1390. The van der Waals surface area contributed by atoms with E-state index in [0.29, 0.717) is 48.4 Å². The quantitative estimate of drug-likeness (QED) is 0.314. The van der Waals surface area contributed by atoms with Crippen LogP contribution in [0.5, 0.6) is 17.2 Å². The van der Waals surface area contributed by atoms with Gasteiger partial charge in [0.05, 0.1) is 12.0 Å². The number of phenolic OH excluding ortho intramolecular Hbond substituents is 1. The van der Waals surface area contributed by atoms with E-state index in [9.17, 15) is 14.3 Å². The topological polar surface area (TPSA) is 116 Å². The van der Waals surface area contributed by atoms with E-state index in [2.05, 4.69) is 10.3 Å². The van der Waals surface area contributed by atoms with E-state index in [4.69, 9.17) is 19.9 Å². The summed E-state index contributed by atoms with van der Waals surface area (Å²) < 4.78 is 31.0. The highest BCUT2D eigenvalue weighted by atomic mass is 19.1. The van der Waals surface area contributed by atoms with Crippen molar-refractivity contribution in [1.82, 2.24) is 10.3 Å². The van der Waals surface area contributed by atoms with Gasteiger partial charge in [0, 0.05) is 53.8 Å². The number of carbonyl (C=O) groups is 1. The van der Waals surface area contributed by atoms with Gasteiger partial charge in [-0.05, 0) is 48.4 Å². The first-order valence-corrected chi connectivity index (χ1v) is 13.0. The number of phenols is 1. The molecule has 1 aliphatic heterocycles. The van der Waals surface area contributed by atoms with E-state index in [1.54, 1.807) is 24.5 Å². The summed E-state index contributed by atoms with van der Waals surface area (Å²) in [5.41, 5.74) is 9.04. The van der Waals surface area contributed by atoms with Crippen molar-refractivity contribution in [1.29, 1.82) is 0 Å². The zero-order chi connectivity index (χ0) is 27.4. The number of benzene rings is 2. The monoisotopic (exact) mass is 533 g/mol. The van der Waals surface area contributed by atoms with Crippen molar-refractivity contribution in [2.45, 2.75) is 37.6 Å². The molecule has 0 amide bonds. The number of allylic oxidation sites excluding steroid dienone is 2. The van der Waals surface area contributed by atoms with Crippen LogP contribution in [0, 0.1) is 0 Å². The number of hydrogen-bond donors (Lipinski definition) is 3. The lowest BCUT2D eigenvalue weighted by molar-refractivity contribution is -0.129.